The van der Waals surface area contributed by atoms with Crippen LogP contribution in [-0.4, -0.2) is 17.7 Å². The van der Waals surface area contributed by atoms with E-state index in [2.05, 4.69) is 72.0 Å². The van der Waals surface area contributed by atoms with Gasteiger partial charge in [-0.15, -0.1) is 0 Å². The second kappa shape index (κ2) is 5.73. The Labute approximate surface area is 130 Å². The van der Waals surface area contributed by atoms with Crippen LogP contribution in [0.4, 0.5) is 0 Å². The molecule has 1 aromatic carbocycles. The van der Waals surface area contributed by atoms with Crippen LogP contribution in [0, 0.1) is 19.8 Å². The highest BCUT2D eigenvalue weighted by atomic mass is 16.5. The Morgan fingerprint density at radius 3 is 2.19 bits per heavy atom. The summed E-state index contributed by atoms with van der Waals surface area (Å²) in [7, 11) is 0. The van der Waals surface area contributed by atoms with Gasteiger partial charge in [-0.2, -0.15) is 0 Å². The van der Waals surface area contributed by atoms with Crippen LogP contribution in [0.2, 0.25) is 0 Å². The van der Waals surface area contributed by atoms with Gasteiger partial charge in [0, 0.05) is 12.0 Å². The Hall–Kier alpha value is -0.860. The highest BCUT2D eigenvalue weighted by Gasteiger charge is 2.49. The van der Waals surface area contributed by atoms with E-state index >= 15 is 0 Å². The minimum atomic E-state index is -0.106. The fraction of sp³-hybridized carbons (Fsp3) is 0.684. The first kappa shape index (κ1) is 16.5. The van der Waals surface area contributed by atoms with E-state index in [0.29, 0.717) is 12.0 Å². The van der Waals surface area contributed by atoms with Crippen LogP contribution >= 0.6 is 0 Å². The number of hydrogen-bond acceptors (Lipinski definition) is 2. The zero-order chi connectivity index (χ0) is 15.8. The summed E-state index contributed by atoms with van der Waals surface area (Å²) in [6.07, 6.45) is 1.09. The van der Waals surface area contributed by atoms with Crippen molar-refractivity contribution in [2.24, 2.45) is 5.92 Å². The third-order valence-electron chi connectivity index (χ3n) is 4.82. The molecule has 1 heterocycles. The number of aryl methyl sites for hydroxylation is 2. The Morgan fingerprint density at radius 2 is 1.76 bits per heavy atom. The van der Waals surface area contributed by atoms with Gasteiger partial charge in [0.05, 0.1) is 11.2 Å². The lowest BCUT2D eigenvalue weighted by molar-refractivity contribution is -0.0778. The predicted molar refractivity (Wildman–Crippen MR) is 89.7 cm³/mol. The van der Waals surface area contributed by atoms with Crippen LogP contribution in [-0.2, 0) is 4.74 Å². The van der Waals surface area contributed by atoms with Crippen LogP contribution in [0.3, 0.4) is 0 Å². The summed E-state index contributed by atoms with van der Waals surface area (Å²) >= 11 is 0. The van der Waals surface area contributed by atoms with Gasteiger partial charge >= 0.3 is 0 Å². The quantitative estimate of drug-likeness (QED) is 0.878. The lowest BCUT2D eigenvalue weighted by Gasteiger charge is -2.35. The molecule has 1 saturated heterocycles. The summed E-state index contributed by atoms with van der Waals surface area (Å²) in [5.41, 5.74) is 4.06. The first-order valence-corrected chi connectivity index (χ1v) is 8.17. The van der Waals surface area contributed by atoms with Gasteiger partial charge < -0.3 is 10.1 Å². The van der Waals surface area contributed by atoms with Crippen molar-refractivity contribution in [2.75, 3.05) is 6.54 Å². The van der Waals surface area contributed by atoms with Gasteiger partial charge in [-0.3, -0.25) is 0 Å². The predicted octanol–water partition coefficient (Wildman–Crippen LogP) is 4.55. The summed E-state index contributed by atoms with van der Waals surface area (Å²) in [6, 6.07) is 6.95. The average molecular weight is 289 g/mol. The first-order valence-electron chi connectivity index (χ1n) is 8.17. The largest absolute Gasteiger partial charge is 0.369 e. The second-order valence-corrected chi connectivity index (χ2v) is 7.62. The lowest BCUT2D eigenvalue weighted by atomic mass is 9.77. The Kier molecular flexibility index (Phi) is 4.51. The minimum absolute atomic E-state index is 0.0432. The summed E-state index contributed by atoms with van der Waals surface area (Å²) in [5, 5.41) is 3.74. The van der Waals surface area contributed by atoms with Crippen LogP contribution in [0.5, 0.6) is 0 Å². The van der Waals surface area contributed by atoms with E-state index in [9.17, 15) is 0 Å². The van der Waals surface area contributed by atoms with E-state index in [0.717, 1.165) is 13.0 Å². The minimum Gasteiger partial charge on any atom is -0.369 e. The molecule has 1 aliphatic heterocycles. The zero-order valence-electron chi connectivity index (χ0n) is 14.7. The summed E-state index contributed by atoms with van der Waals surface area (Å²) in [4.78, 5) is 0. The maximum atomic E-state index is 6.34. The summed E-state index contributed by atoms with van der Waals surface area (Å²) < 4.78 is 6.34. The normalized spacial score (nSPS) is 25.0. The molecule has 118 valence electrons. The number of nitrogens with one attached hydrogen (secondary N) is 1. The maximum absolute atomic E-state index is 6.34. The maximum Gasteiger partial charge on any atom is 0.0681 e. The average Bonchev–Trinajstić information content (AvgIpc) is 2.55. The standard InChI is InChI=1S/C19H31NO/c1-8-20-17(16-13(2)10-9-11-14(16)3)15-12-18(4,5)21-19(15,6)7/h9-11,15,17,20H,8,12H2,1-7H3. The number of ether oxygens (including phenoxy) is 1. The summed E-state index contributed by atoms with van der Waals surface area (Å²) in [5.74, 6) is 0.479. The Bertz CT molecular complexity index is 484. The molecule has 0 saturated carbocycles. The van der Waals surface area contributed by atoms with Crippen LogP contribution in [0.25, 0.3) is 0 Å². The molecule has 1 aromatic rings. The second-order valence-electron chi connectivity index (χ2n) is 7.62. The Balaban J connectivity index is 2.45. The molecular formula is C19H31NO. The number of rotatable bonds is 4. The van der Waals surface area contributed by atoms with Gasteiger partial charge in [-0.25, -0.2) is 0 Å². The number of hydrogen-bond donors (Lipinski definition) is 1. The Morgan fingerprint density at radius 1 is 1.19 bits per heavy atom. The molecule has 0 amide bonds. The van der Waals surface area contributed by atoms with E-state index in [1.54, 1.807) is 0 Å². The van der Waals surface area contributed by atoms with Gasteiger partial charge in [0.1, 0.15) is 0 Å². The molecule has 1 N–H and O–H groups in total. The van der Waals surface area contributed by atoms with E-state index in [-0.39, 0.29) is 11.2 Å². The van der Waals surface area contributed by atoms with E-state index in [1.165, 1.54) is 16.7 Å². The van der Waals surface area contributed by atoms with Gasteiger partial charge in [0.15, 0.2) is 0 Å². The smallest absolute Gasteiger partial charge is 0.0681 e. The fourth-order valence-electron chi connectivity index (χ4n) is 4.11. The molecule has 21 heavy (non-hydrogen) atoms. The topological polar surface area (TPSA) is 21.3 Å². The molecule has 2 heteroatoms. The molecule has 0 aliphatic carbocycles. The van der Waals surface area contributed by atoms with Crippen molar-refractivity contribution in [1.82, 2.24) is 5.32 Å². The molecule has 1 fully saturated rings. The van der Waals surface area contributed by atoms with Crippen molar-refractivity contribution in [2.45, 2.75) is 72.1 Å². The first-order chi connectivity index (χ1) is 9.68. The third-order valence-corrected chi connectivity index (χ3v) is 4.82. The van der Waals surface area contributed by atoms with Gasteiger partial charge in [-0.1, -0.05) is 25.1 Å². The van der Waals surface area contributed by atoms with Crippen molar-refractivity contribution < 1.29 is 4.74 Å². The third kappa shape index (κ3) is 3.32. The zero-order valence-corrected chi connectivity index (χ0v) is 14.7. The highest BCUT2D eigenvalue weighted by molar-refractivity contribution is 5.37. The molecule has 2 atom stereocenters. The molecule has 2 rings (SSSR count). The lowest BCUT2D eigenvalue weighted by Crippen LogP contribution is -2.39. The molecule has 0 aromatic heterocycles. The molecule has 0 spiro atoms. The van der Waals surface area contributed by atoms with Crippen molar-refractivity contribution >= 4 is 0 Å². The van der Waals surface area contributed by atoms with Crippen LogP contribution < -0.4 is 5.32 Å². The van der Waals surface area contributed by atoms with Gasteiger partial charge in [0.2, 0.25) is 0 Å². The molecule has 2 unspecified atom stereocenters. The molecule has 2 nitrogen and oxygen atoms in total. The van der Waals surface area contributed by atoms with E-state index < -0.39 is 0 Å². The number of benzene rings is 1. The van der Waals surface area contributed by atoms with Crippen molar-refractivity contribution in [1.29, 1.82) is 0 Å². The molecule has 1 aliphatic rings. The van der Waals surface area contributed by atoms with Crippen molar-refractivity contribution in [3.05, 3.63) is 34.9 Å². The van der Waals surface area contributed by atoms with Gasteiger partial charge in [0.25, 0.3) is 0 Å². The van der Waals surface area contributed by atoms with Crippen LogP contribution in [0.1, 0.15) is 63.8 Å². The molecular weight excluding hydrogens is 258 g/mol. The SMILES string of the molecule is CCNC(c1c(C)cccc1C)C1CC(C)(C)OC1(C)C. The van der Waals surface area contributed by atoms with Crippen molar-refractivity contribution in [3.8, 4) is 0 Å². The monoisotopic (exact) mass is 289 g/mol. The highest BCUT2D eigenvalue weighted by Crippen LogP contribution is 2.48. The van der Waals surface area contributed by atoms with Crippen LogP contribution in [0.15, 0.2) is 18.2 Å². The summed E-state index contributed by atoms with van der Waals surface area (Å²) in [6.45, 7) is 16.5. The fourth-order valence-corrected chi connectivity index (χ4v) is 4.11. The van der Waals surface area contributed by atoms with Crippen molar-refractivity contribution in [3.63, 3.8) is 0 Å². The molecule has 0 radical (unpaired) electrons. The van der Waals surface area contributed by atoms with Gasteiger partial charge in [-0.05, 0) is 71.2 Å². The van der Waals surface area contributed by atoms with E-state index in [1.807, 2.05) is 0 Å². The molecule has 0 bridgehead atoms. The van der Waals surface area contributed by atoms with E-state index in [4.69, 9.17) is 4.74 Å².